The van der Waals surface area contributed by atoms with Gasteiger partial charge in [-0.1, -0.05) is 31.5 Å². The summed E-state index contributed by atoms with van der Waals surface area (Å²) in [5.74, 6) is 1.50. The molecule has 0 unspecified atom stereocenters. The number of halogens is 1. The Bertz CT molecular complexity index is 932. The Kier molecular flexibility index (Phi) is 6.68. The number of rotatable bonds is 9. The number of aromatic nitrogens is 2. The number of ether oxygens (including phenoxy) is 1. The van der Waals surface area contributed by atoms with E-state index in [1.807, 2.05) is 32.2 Å². The summed E-state index contributed by atoms with van der Waals surface area (Å²) in [6.45, 7) is 9.04. The summed E-state index contributed by atoms with van der Waals surface area (Å²) < 4.78 is 7.86. The first-order chi connectivity index (χ1) is 13.6. The maximum Gasteiger partial charge on any atom is 0.208 e. The zero-order chi connectivity index (χ0) is 20.1. The first-order valence-electron chi connectivity index (χ1n) is 9.98. The molecule has 0 saturated heterocycles. The molecule has 0 fully saturated rings. The molecule has 3 rings (SSSR count). The van der Waals surface area contributed by atoms with E-state index in [0.717, 1.165) is 54.3 Å². The van der Waals surface area contributed by atoms with E-state index in [0.29, 0.717) is 11.6 Å². The van der Waals surface area contributed by atoms with Gasteiger partial charge >= 0.3 is 0 Å². The van der Waals surface area contributed by atoms with Crippen molar-refractivity contribution in [3.05, 3.63) is 41.4 Å². The molecule has 0 bridgehead atoms. The van der Waals surface area contributed by atoms with Gasteiger partial charge in [-0.15, -0.1) is 0 Å². The number of hydrogen-bond acceptors (Lipinski definition) is 4. The number of aryl methyl sites for hydroxylation is 1. The molecule has 0 saturated carbocycles. The second-order valence-electron chi connectivity index (χ2n) is 6.82. The molecule has 0 aliphatic rings. The van der Waals surface area contributed by atoms with Gasteiger partial charge in [0.05, 0.1) is 29.0 Å². The third-order valence-corrected chi connectivity index (χ3v) is 4.93. The van der Waals surface area contributed by atoms with E-state index in [4.69, 9.17) is 21.3 Å². The van der Waals surface area contributed by atoms with E-state index in [1.54, 1.807) is 0 Å². The highest BCUT2D eigenvalue weighted by molar-refractivity contribution is 6.30. The van der Waals surface area contributed by atoms with Crippen molar-refractivity contribution >= 4 is 40.0 Å². The maximum atomic E-state index is 6.13. The molecule has 28 heavy (non-hydrogen) atoms. The number of hydrogen-bond donors (Lipinski definition) is 1. The Balaban J connectivity index is 2.03. The van der Waals surface area contributed by atoms with Crippen LogP contribution in [0.4, 0.5) is 17.3 Å². The van der Waals surface area contributed by atoms with Crippen molar-refractivity contribution in [3.63, 3.8) is 0 Å². The molecule has 3 aromatic rings. The van der Waals surface area contributed by atoms with E-state index < -0.39 is 0 Å². The van der Waals surface area contributed by atoms with Crippen LogP contribution in [0.5, 0.6) is 5.75 Å². The average Bonchev–Trinajstić information content (AvgIpc) is 3.00. The number of anilines is 3. The molecule has 1 aromatic heterocycles. The summed E-state index contributed by atoms with van der Waals surface area (Å²) in [7, 11) is 2.05. The number of benzene rings is 2. The van der Waals surface area contributed by atoms with Crippen molar-refractivity contribution in [1.82, 2.24) is 9.55 Å². The molecule has 0 atom stereocenters. The van der Waals surface area contributed by atoms with Crippen LogP contribution in [-0.4, -0.2) is 29.2 Å². The topological polar surface area (TPSA) is 42.3 Å². The summed E-state index contributed by atoms with van der Waals surface area (Å²) >= 11 is 6.13. The van der Waals surface area contributed by atoms with Gasteiger partial charge in [-0.05, 0) is 44.0 Å². The highest BCUT2D eigenvalue weighted by Crippen LogP contribution is 2.34. The van der Waals surface area contributed by atoms with Crippen LogP contribution < -0.4 is 15.0 Å². The minimum Gasteiger partial charge on any atom is -0.492 e. The molecule has 150 valence electrons. The van der Waals surface area contributed by atoms with Gasteiger partial charge in [0.1, 0.15) is 5.75 Å². The van der Waals surface area contributed by atoms with E-state index >= 15 is 0 Å². The Hall–Kier alpha value is -2.40. The summed E-state index contributed by atoms with van der Waals surface area (Å²) in [5.41, 5.74) is 4.20. The lowest BCUT2D eigenvalue weighted by Gasteiger charge is -2.25. The predicted molar refractivity (Wildman–Crippen MR) is 119 cm³/mol. The minimum atomic E-state index is 0.574. The Labute approximate surface area is 172 Å². The van der Waals surface area contributed by atoms with Crippen molar-refractivity contribution in [1.29, 1.82) is 0 Å². The summed E-state index contributed by atoms with van der Waals surface area (Å²) in [4.78, 5) is 7.28. The van der Waals surface area contributed by atoms with Gasteiger partial charge in [-0.3, -0.25) is 0 Å². The van der Waals surface area contributed by atoms with Gasteiger partial charge in [0.25, 0.3) is 0 Å². The van der Waals surface area contributed by atoms with Gasteiger partial charge < -0.3 is 19.5 Å². The van der Waals surface area contributed by atoms with Gasteiger partial charge in [-0.2, -0.15) is 0 Å². The lowest BCUT2D eigenvalue weighted by molar-refractivity contribution is 0.342. The average molecular weight is 401 g/mol. The maximum absolute atomic E-state index is 6.13. The molecule has 0 spiro atoms. The van der Waals surface area contributed by atoms with Crippen LogP contribution in [0.1, 0.15) is 33.6 Å². The fraction of sp³-hybridized carbons (Fsp3) is 0.409. The smallest absolute Gasteiger partial charge is 0.208 e. The molecule has 0 aliphatic carbocycles. The fourth-order valence-corrected chi connectivity index (χ4v) is 3.66. The predicted octanol–water partition coefficient (Wildman–Crippen LogP) is 6.00. The molecule has 0 amide bonds. The SMILES string of the molecule is CCCN(CCC)c1cccc2nc(Nc3ccc(Cl)cc3OCC)n(C)c12. The summed E-state index contributed by atoms with van der Waals surface area (Å²) in [6, 6.07) is 11.9. The van der Waals surface area contributed by atoms with Crippen molar-refractivity contribution in [2.24, 2.45) is 7.05 Å². The highest BCUT2D eigenvalue weighted by Gasteiger charge is 2.16. The lowest BCUT2D eigenvalue weighted by atomic mass is 10.2. The van der Waals surface area contributed by atoms with Crippen molar-refractivity contribution < 1.29 is 4.74 Å². The Morgan fingerprint density at radius 2 is 1.86 bits per heavy atom. The molecule has 0 aliphatic heterocycles. The van der Waals surface area contributed by atoms with E-state index in [9.17, 15) is 0 Å². The Morgan fingerprint density at radius 1 is 1.11 bits per heavy atom. The third-order valence-electron chi connectivity index (χ3n) is 4.69. The molecule has 0 radical (unpaired) electrons. The molecule has 2 aromatic carbocycles. The van der Waals surface area contributed by atoms with Gasteiger partial charge in [0, 0.05) is 31.2 Å². The minimum absolute atomic E-state index is 0.574. The van der Waals surface area contributed by atoms with Crippen molar-refractivity contribution in [3.8, 4) is 5.75 Å². The standard InChI is InChI=1S/C22H29ClN4O/c1-5-13-27(14-6-2)19-10-8-9-18-21(19)26(4)22(25-18)24-17-12-11-16(23)15-20(17)28-7-3/h8-12,15H,5-7,13-14H2,1-4H3,(H,24,25). The lowest BCUT2D eigenvalue weighted by Crippen LogP contribution is -2.25. The summed E-state index contributed by atoms with van der Waals surface area (Å²) in [5, 5.41) is 4.07. The zero-order valence-electron chi connectivity index (χ0n) is 17.1. The van der Waals surface area contributed by atoms with Crippen LogP contribution in [0.3, 0.4) is 0 Å². The number of fused-ring (bicyclic) bond motifs is 1. The van der Waals surface area contributed by atoms with Crippen LogP contribution in [-0.2, 0) is 7.05 Å². The number of nitrogens with one attached hydrogen (secondary N) is 1. The van der Waals surface area contributed by atoms with Crippen LogP contribution >= 0.6 is 11.6 Å². The third kappa shape index (κ3) is 4.20. The van der Waals surface area contributed by atoms with E-state index in [2.05, 4.69) is 46.8 Å². The molecular weight excluding hydrogens is 372 g/mol. The number of imidazole rings is 1. The van der Waals surface area contributed by atoms with Crippen LogP contribution in [0.25, 0.3) is 11.0 Å². The van der Waals surface area contributed by atoms with E-state index in [-0.39, 0.29) is 0 Å². The largest absolute Gasteiger partial charge is 0.492 e. The summed E-state index contributed by atoms with van der Waals surface area (Å²) in [6.07, 6.45) is 2.23. The number of para-hydroxylation sites is 1. The van der Waals surface area contributed by atoms with Gasteiger partial charge in [-0.25, -0.2) is 4.98 Å². The van der Waals surface area contributed by atoms with Crippen LogP contribution in [0.15, 0.2) is 36.4 Å². The highest BCUT2D eigenvalue weighted by atomic mass is 35.5. The Morgan fingerprint density at radius 3 is 2.54 bits per heavy atom. The molecule has 1 N–H and O–H groups in total. The van der Waals surface area contributed by atoms with Gasteiger partial charge in [0.15, 0.2) is 0 Å². The monoisotopic (exact) mass is 400 g/mol. The molecule has 6 heteroatoms. The van der Waals surface area contributed by atoms with Crippen LogP contribution in [0.2, 0.25) is 5.02 Å². The zero-order valence-corrected chi connectivity index (χ0v) is 17.9. The first-order valence-corrected chi connectivity index (χ1v) is 10.4. The second-order valence-corrected chi connectivity index (χ2v) is 7.26. The van der Waals surface area contributed by atoms with E-state index in [1.165, 1.54) is 5.69 Å². The first kappa shape index (κ1) is 20.3. The van der Waals surface area contributed by atoms with Crippen molar-refractivity contribution in [2.45, 2.75) is 33.6 Å². The normalized spacial score (nSPS) is 11.0. The van der Waals surface area contributed by atoms with Crippen molar-refractivity contribution in [2.75, 3.05) is 29.9 Å². The molecule has 5 nitrogen and oxygen atoms in total. The van der Waals surface area contributed by atoms with Gasteiger partial charge in [0.2, 0.25) is 5.95 Å². The van der Waals surface area contributed by atoms with Crippen LogP contribution in [0, 0.1) is 0 Å². The second kappa shape index (κ2) is 9.20. The quantitative estimate of drug-likeness (QED) is 0.478. The molecule has 1 heterocycles. The molecular formula is C22H29ClN4O. The fourth-order valence-electron chi connectivity index (χ4n) is 3.50. The number of nitrogens with zero attached hydrogens (tertiary/aromatic N) is 3.